The Kier molecular flexibility index (Phi) is 9.13. The number of aliphatic hydroxyl groups is 1. The van der Waals surface area contributed by atoms with E-state index in [0.29, 0.717) is 15.9 Å². The van der Waals surface area contributed by atoms with E-state index in [2.05, 4.69) is 61.1 Å². The van der Waals surface area contributed by atoms with Crippen molar-refractivity contribution in [3.8, 4) is 0 Å². The molecule has 0 aromatic carbocycles. The van der Waals surface area contributed by atoms with Crippen molar-refractivity contribution >= 4 is 40.7 Å². The van der Waals surface area contributed by atoms with Crippen LogP contribution in [0.2, 0.25) is 0 Å². The molecular weight excluding hydrogens is 483 g/mol. The first-order valence-corrected chi connectivity index (χ1v) is 11.8. The highest BCUT2D eigenvalue weighted by atomic mass is 79.9. The van der Waals surface area contributed by atoms with E-state index in [9.17, 15) is 9.67 Å². The summed E-state index contributed by atoms with van der Waals surface area (Å²) in [5, 5.41) is 10.0. The van der Waals surface area contributed by atoms with Gasteiger partial charge in [0.2, 0.25) is 0 Å². The number of imidazole rings is 1. The third-order valence-electron chi connectivity index (χ3n) is 4.70. The number of ether oxygens (including phenoxy) is 1. The van der Waals surface area contributed by atoms with Crippen LogP contribution in [0.4, 0.5) is 5.82 Å². The highest BCUT2D eigenvalue weighted by Crippen LogP contribution is 2.39. The average molecular weight is 511 g/mol. The summed E-state index contributed by atoms with van der Waals surface area (Å²) < 4.78 is 22.7. The van der Waals surface area contributed by atoms with Crippen molar-refractivity contribution in [1.29, 1.82) is 0 Å². The summed E-state index contributed by atoms with van der Waals surface area (Å²) in [5.74, 6) is 0.203. The molecule has 0 aliphatic carbocycles. The lowest BCUT2D eigenvalue weighted by Gasteiger charge is -2.16. The normalized spacial score (nSPS) is 21.8. The fourth-order valence-corrected chi connectivity index (χ4v) is 3.93. The van der Waals surface area contributed by atoms with Gasteiger partial charge < -0.3 is 30.3 Å². The molecule has 2 aromatic rings. The molecule has 0 unspecified atom stereocenters. The fraction of sp³-hybridized carbons (Fsp3) is 0.688. The number of nitrogens with two attached hydrogens (primary N) is 1. The van der Waals surface area contributed by atoms with Crippen molar-refractivity contribution in [3.05, 3.63) is 11.1 Å². The van der Waals surface area contributed by atoms with Gasteiger partial charge >= 0.3 is 7.82 Å². The lowest BCUT2D eigenvalue weighted by atomic mass is 10.2. The Morgan fingerprint density at radius 1 is 1.33 bits per heavy atom. The summed E-state index contributed by atoms with van der Waals surface area (Å²) in [6.45, 7) is 9.68. The van der Waals surface area contributed by atoms with Crippen molar-refractivity contribution in [1.82, 2.24) is 24.4 Å². The fourth-order valence-electron chi connectivity index (χ4n) is 3.02. The topological polar surface area (TPSA) is 169 Å². The highest BCUT2D eigenvalue weighted by Gasteiger charge is 2.38. The zero-order valence-electron chi connectivity index (χ0n) is 17.0. The van der Waals surface area contributed by atoms with E-state index in [0.717, 1.165) is 0 Å². The van der Waals surface area contributed by atoms with Crippen LogP contribution < -0.4 is 5.73 Å². The Bertz CT molecular complexity index is 870. The number of hydrogen-bond donors (Lipinski definition) is 4. The first kappa shape index (κ1) is 25.1. The minimum Gasteiger partial charge on any atom is -0.390 e. The van der Waals surface area contributed by atoms with Gasteiger partial charge in [0.15, 0.2) is 21.7 Å². The standard InChI is InChI=1S/C10H13BrN5O6P.C6H15N/c11-10-15-7-8(12)13-3-14-9(7)16(10)6-1-4(17)5(22-6)2-21-23(18,19)20;1-4-7(5-2)6-3/h3-6,17H,1-2H2,(H2,12,13,14)(H2,18,19,20);4-6H2,1-3H3/t4-,5+,6+;/m0./s1. The SMILES string of the molecule is CCN(CC)CC.Nc1ncnc2c1nc(Br)n2[C@H]1C[C@H](O)[C@@H](COP(=O)(O)O)O1. The summed E-state index contributed by atoms with van der Waals surface area (Å²) >= 11 is 3.28. The number of nitrogen functional groups attached to an aromatic ring is 1. The number of fused-ring (bicyclic) bond motifs is 1. The van der Waals surface area contributed by atoms with E-state index in [4.69, 9.17) is 20.3 Å². The predicted octanol–water partition coefficient (Wildman–Crippen LogP) is 1.28. The van der Waals surface area contributed by atoms with Crippen molar-refractivity contribution < 1.29 is 28.7 Å². The Hall–Kier alpha value is -1.18. The Balaban J connectivity index is 0.000000396. The number of phosphoric ester groups is 1. The maximum Gasteiger partial charge on any atom is 0.469 e. The maximum atomic E-state index is 10.8. The van der Waals surface area contributed by atoms with Gasteiger partial charge in [0, 0.05) is 6.42 Å². The van der Waals surface area contributed by atoms with E-state index in [1.807, 2.05) is 0 Å². The number of halogens is 1. The second-order valence-corrected chi connectivity index (χ2v) is 8.47. The van der Waals surface area contributed by atoms with Gasteiger partial charge in [0.05, 0.1) is 12.7 Å². The van der Waals surface area contributed by atoms with Crippen molar-refractivity contribution in [3.63, 3.8) is 0 Å². The molecule has 1 saturated heterocycles. The molecule has 0 amide bonds. The van der Waals surface area contributed by atoms with Gasteiger partial charge in [-0.05, 0) is 35.6 Å². The summed E-state index contributed by atoms with van der Waals surface area (Å²) in [6, 6.07) is 0. The molecule has 1 aliphatic rings. The van der Waals surface area contributed by atoms with Crippen LogP contribution in [0.1, 0.15) is 33.4 Å². The van der Waals surface area contributed by atoms with Crippen LogP contribution in [0.5, 0.6) is 0 Å². The number of aromatic nitrogens is 4. The molecule has 3 rings (SSSR count). The van der Waals surface area contributed by atoms with Gasteiger partial charge in [-0.3, -0.25) is 9.09 Å². The quantitative estimate of drug-likeness (QED) is 0.312. The summed E-state index contributed by atoms with van der Waals surface area (Å²) in [4.78, 5) is 32.0. The van der Waals surface area contributed by atoms with Crippen LogP contribution in [-0.4, -0.2) is 77.8 Å². The number of anilines is 1. The lowest BCUT2D eigenvalue weighted by molar-refractivity contribution is -0.0431. The van der Waals surface area contributed by atoms with E-state index in [-0.39, 0.29) is 12.2 Å². The highest BCUT2D eigenvalue weighted by molar-refractivity contribution is 9.10. The van der Waals surface area contributed by atoms with Gasteiger partial charge in [-0.2, -0.15) is 0 Å². The second kappa shape index (κ2) is 10.9. The average Bonchev–Trinajstić information content (AvgIpc) is 3.21. The molecule has 170 valence electrons. The molecule has 3 atom stereocenters. The third kappa shape index (κ3) is 6.41. The van der Waals surface area contributed by atoms with Gasteiger partial charge in [-0.25, -0.2) is 19.5 Å². The molecular formula is C16H28BrN6O6P. The molecule has 0 bridgehead atoms. The Labute approximate surface area is 182 Å². The lowest BCUT2D eigenvalue weighted by Crippen LogP contribution is -2.25. The first-order chi connectivity index (χ1) is 14.1. The zero-order valence-corrected chi connectivity index (χ0v) is 19.5. The molecule has 0 saturated carbocycles. The van der Waals surface area contributed by atoms with Gasteiger partial charge in [0.25, 0.3) is 0 Å². The Morgan fingerprint density at radius 2 is 1.97 bits per heavy atom. The number of nitrogens with zero attached hydrogens (tertiary/aromatic N) is 5. The Morgan fingerprint density at radius 3 is 2.50 bits per heavy atom. The summed E-state index contributed by atoms with van der Waals surface area (Å²) in [7, 11) is -4.64. The van der Waals surface area contributed by atoms with Crippen LogP contribution >= 0.6 is 23.8 Å². The van der Waals surface area contributed by atoms with Gasteiger partial charge in [-0.1, -0.05) is 20.8 Å². The second-order valence-electron chi connectivity index (χ2n) is 6.52. The van der Waals surface area contributed by atoms with Gasteiger partial charge in [0.1, 0.15) is 18.7 Å². The third-order valence-corrected chi connectivity index (χ3v) is 5.75. The summed E-state index contributed by atoms with van der Waals surface area (Å²) in [6.07, 6.45) is -1.05. The van der Waals surface area contributed by atoms with Crippen LogP contribution in [0.3, 0.4) is 0 Å². The molecule has 30 heavy (non-hydrogen) atoms. The number of rotatable bonds is 7. The first-order valence-electron chi connectivity index (χ1n) is 9.51. The predicted molar refractivity (Wildman–Crippen MR) is 113 cm³/mol. The molecule has 2 aromatic heterocycles. The number of phosphoric acid groups is 1. The van der Waals surface area contributed by atoms with Gasteiger partial charge in [-0.15, -0.1) is 0 Å². The molecule has 0 radical (unpaired) electrons. The van der Waals surface area contributed by atoms with Crippen molar-refractivity contribution in [2.75, 3.05) is 32.0 Å². The minimum absolute atomic E-state index is 0.170. The molecule has 12 nitrogen and oxygen atoms in total. The molecule has 1 aliphatic heterocycles. The van der Waals surface area contributed by atoms with Crippen LogP contribution in [-0.2, 0) is 13.8 Å². The molecule has 3 heterocycles. The van der Waals surface area contributed by atoms with Crippen LogP contribution in [0, 0.1) is 0 Å². The minimum atomic E-state index is -4.64. The van der Waals surface area contributed by atoms with E-state index >= 15 is 0 Å². The van der Waals surface area contributed by atoms with E-state index in [1.165, 1.54) is 26.0 Å². The molecule has 0 spiro atoms. The monoisotopic (exact) mass is 510 g/mol. The smallest absolute Gasteiger partial charge is 0.390 e. The number of aliphatic hydroxyl groups excluding tert-OH is 1. The number of hydrogen-bond acceptors (Lipinski definition) is 9. The largest absolute Gasteiger partial charge is 0.469 e. The molecule has 1 fully saturated rings. The van der Waals surface area contributed by atoms with Crippen LogP contribution in [0.25, 0.3) is 11.2 Å². The van der Waals surface area contributed by atoms with Crippen molar-refractivity contribution in [2.45, 2.75) is 45.6 Å². The maximum absolute atomic E-state index is 10.8. The van der Waals surface area contributed by atoms with Crippen molar-refractivity contribution in [2.24, 2.45) is 0 Å². The zero-order chi connectivity index (χ0) is 22.5. The van der Waals surface area contributed by atoms with Crippen LogP contribution in [0.15, 0.2) is 11.1 Å². The van der Waals surface area contributed by atoms with E-state index < -0.39 is 32.9 Å². The molecule has 14 heteroatoms. The molecule has 5 N–H and O–H groups in total. The summed E-state index contributed by atoms with van der Waals surface area (Å²) in [5.41, 5.74) is 6.54. The van der Waals surface area contributed by atoms with E-state index in [1.54, 1.807) is 4.57 Å².